The van der Waals surface area contributed by atoms with Crippen LogP contribution in [0.15, 0.2) is 24.3 Å². The number of hydrogen-bond acceptors (Lipinski definition) is 2. The van der Waals surface area contributed by atoms with E-state index >= 15 is 0 Å². The van der Waals surface area contributed by atoms with Crippen LogP contribution in [0.25, 0.3) is 0 Å². The second-order valence-corrected chi connectivity index (χ2v) is 5.98. The first-order chi connectivity index (χ1) is 9.16. The summed E-state index contributed by atoms with van der Waals surface area (Å²) in [6, 6.07) is 8.67. The van der Waals surface area contributed by atoms with E-state index in [1.165, 1.54) is 11.1 Å². The maximum Gasteiger partial charge on any atom is 0.251 e. The highest BCUT2D eigenvalue weighted by atomic mass is 16.6. The maximum absolute atomic E-state index is 11.7. The molecule has 1 aromatic rings. The lowest BCUT2D eigenvalue weighted by Crippen LogP contribution is -2.31. The van der Waals surface area contributed by atoms with Gasteiger partial charge in [0.25, 0.3) is 5.91 Å². The van der Waals surface area contributed by atoms with Gasteiger partial charge < -0.3 is 10.1 Å². The van der Waals surface area contributed by atoms with Gasteiger partial charge in [0.15, 0.2) is 6.10 Å². The minimum absolute atomic E-state index is 0.0467. The Balaban J connectivity index is 1.71. The van der Waals surface area contributed by atoms with E-state index in [1.807, 2.05) is 0 Å². The van der Waals surface area contributed by atoms with Gasteiger partial charge in [-0.15, -0.1) is 0 Å². The van der Waals surface area contributed by atoms with E-state index in [0.29, 0.717) is 24.4 Å². The van der Waals surface area contributed by atoms with Crippen molar-refractivity contribution in [2.75, 3.05) is 13.2 Å². The highest BCUT2D eigenvalue weighted by Crippen LogP contribution is 2.44. The number of amides is 1. The largest absolute Gasteiger partial charge is 0.363 e. The molecule has 3 rings (SSSR count). The van der Waals surface area contributed by atoms with E-state index in [9.17, 15) is 4.79 Å². The van der Waals surface area contributed by atoms with Gasteiger partial charge in [-0.05, 0) is 29.4 Å². The summed E-state index contributed by atoms with van der Waals surface area (Å²) < 4.78 is 5.00. The molecule has 1 aromatic carbocycles. The Hall–Kier alpha value is -1.35. The Labute approximate surface area is 114 Å². The molecule has 102 valence electrons. The van der Waals surface area contributed by atoms with Crippen molar-refractivity contribution >= 4 is 5.91 Å². The lowest BCUT2D eigenvalue weighted by Gasteiger charge is -2.16. The number of ether oxygens (including phenoxy) is 1. The Morgan fingerprint density at radius 1 is 1.37 bits per heavy atom. The Morgan fingerprint density at radius 3 is 2.68 bits per heavy atom. The summed E-state index contributed by atoms with van der Waals surface area (Å²) in [5.41, 5.74) is 2.89. The first-order valence-electron chi connectivity index (χ1n) is 7.15. The van der Waals surface area contributed by atoms with Crippen LogP contribution < -0.4 is 5.32 Å². The van der Waals surface area contributed by atoms with Crippen molar-refractivity contribution < 1.29 is 9.53 Å². The summed E-state index contributed by atoms with van der Waals surface area (Å²) in [6.07, 6.45) is 0.959. The predicted molar refractivity (Wildman–Crippen MR) is 74.1 cm³/mol. The molecular formula is C16H21NO2. The van der Waals surface area contributed by atoms with E-state index in [-0.39, 0.29) is 12.0 Å². The van der Waals surface area contributed by atoms with E-state index in [1.54, 1.807) is 0 Å². The molecule has 1 fully saturated rings. The number of carbonyl (C=O) groups excluding carboxylic acids is 1. The summed E-state index contributed by atoms with van der Waals surface area (Å²) in [5.74, 6) is 1.76. The van der Waals surface area contributed by atoms with Gasteiger partial charge in [0.05, 0.1) is 6.61 Å². The van der Waals surface area contributed by atoms with Crippen LogP contribution in [0.5, 0.6) is 0 Å². The molecule has 1 aliphatic carbocycles. The fraction of sp³-hybridized carbons (Fsp3) is 0.562. The van der Waals surface area contributed by atoms with E-state index < -0.39 is 0 Å². The quantitative estimate of drug-likeness (QED) is 0.844. The topological polar surface area (TPSA) is 41.6 Å². The molecular weight excluding hydrogens is 238 g/mol. The smallest absolute Gasteiger partial charge is 0.251 e. The van der Waals surface area contributed by atoms with Gasteiger partial charge in [-0.2, -0.15) is 0 Å². The third kappa shape index (κ3) is 2.52. The average molecular weight is 259 g/mol. The van der Waals surface area contributed by atoms with Crippen molar-refractivity contribution in [1.82, 2.24) is 5.32 Å². The van der Waals surface area contributed by atoms with Crippen LogP contribution in [0, 0.1) is 5.92 Å². The second-order valence-electron chi connectivity index (χ2n) is 5.98. The molecule has 1 heterocycles. The van der Waals surface area contributed by atoms with E-state index in [2.05, 4.69) is 43.4 Å². The van der Waals surface area contributed by atoms with Crippen LogP contribution >= 0.6 is 0 Å². The summed E-state index contributed by atoms with van der Waals surface area (Å²) in [5, 5.41) is 3.02. The van der Waals surface area contributed by atoms with Crippen molar-refractivity contribution in [2.24, 2.45) is 5.92 Å². The Morgan fingerprint density at radius 2 is 2.05 bits per heavy atom. The molecule has 1 unspecified atom stereocenters. The molecule has 3 atom stereocenters. The first-order valence-corrected chi connectivity index (χ1v) is 7.15. The molecule has 0 spiro atoms. The maximum atomic E-state index is 11.7. The molecule has 2 aliphatic rings. The predicted octanol–water partition coefficient (Wildman–Crippen LogP) is 2.43. The minimum atomic E-state index is -0.183. The Kier molecular flexibility index (Phi) is 3.31. The third-order valence-electron chi connectivity index (χ3n) is 4.33. The van der Waals surface area contributed by atoms with Crippen molar-refractivity contribution in [2.45, 2.75) is 38.2 Å². The average Bonchev–Trinajstić information content (AvgIpc) is 3.18. The third-order valence-corrected chi connectivity index (χ3v) is 4.33. The van der Waals surface area contributed by atoms with Crippen molar-refractivity contribution in [3.8, 4) is 0 Å². The number of rotatable bonds is 4. The summed E-state index contributed by atoms with van der Waals surface area (Å²) in [4.78, 5) is 11.7. The van der Waals surface area contributed by atoms with Gasteiger partial charge in [-0.3, -0.25) is 4.79 Å². The van der Waals surface area contributed by atoms with Gasteiger partial charge >= 0.3 is 0 Å². The minimum Gasteiger partial charge on any atom is -0.363 e. The summed E-state index contributed by atoms with van der Waals surface area (Å²) in [7, 11) is 0. The van der Waals surface area contributed by atoms with Crippen molar-refractivity contribution in [3.05, 3.63) is 35.4 Å². The zero-order chi connectivity index (χ0) is 13.4. The molecule has 19 heavy (non-hydrogen) atoms. The lowest BCUT2D eigenvalue weighted by atomic mass is 9.90. The number of fused-ring (bicyclic) bond motifs is 1. The fourth-order valence-corrected chi connectivity index (χ4v) is 3.14. The molecule has 0 aromatic heterocycles. The van der Waals surface area contributed by atoms with Crippen molar-refractivity contribution in [3.63, 3.8) is 0 Å². The number of nitrogens with one attached hydrogen (secondary N) is 1. The van der Waals surface area contributed by atoms with Gasteiger partial charge in [-0.25, -0.2) is 0 Å². The zero-order valence-corrected chi connectivity index (χ0v) is 11.6. The highest BCUT2D eigenvalue weighted by molar-refractivity contribution is 5.82. The number of carbonyl (C=O) groups is 1. The van der Waals surface area contributed by atoms with Gasteiger partial charge in [0, 0.05) is 12.5 Å². The summed E-state index contributed by atoms with van der Waals surface area (Å²) in [6.45, 7) is 5.88. The SMILES string of the molecule is CC(C)[C@@H]1C[C@H](CNC(=O)C2CO2)c2ccccc21. The van der Waals surface area contributed by atoms with Crippen molar-refractivity contribution in [1.29, 1.82) is 0 Å². The van der Waals surface area contributed by atoms with Crippen LogP contribution in [0.4, 0.5) is 0 Å². The monoisotopic (exact) mass is 259 g/mol. The molecule has 0 radical (unpaired) electrons. The molecule has 0 saturated carbocycles. The lowest BCUT2D eigenvalue weighted by molar-refractivity contribution is -0.122. The molecule has 3 nitrogen and oxygen atoms in total. The van der Waals surface area contributed by atoms with Crippen LogP contribution in [-0.4, -0.2) is 25.2 Å². The number of hydrogen-bond donors (Lipinski definition) is 1. The Bertz CT molecular complexity index is 479. The number of benzene rings is 1. The first kappa shape index (κ1) is 12.7. The van der Waals surface area contributed by atoms with Gasteiger partial charge in [0.1, 0.15) is 0 Å². The van der Waals surface area contributed by atoms with Crippen LogP contribution in [0.1, 0.15) is 43.2 Å². The molecule has 1 N–H and O–H groups in total. The van der Waals surface area contributed by atoms with E-state index in [4.69, 9.17) is 4.74 Å². The van der Waals surface area contributed by atoms with Gasteiger partial charge in [0.2, 0.25) is 0 Å². The molecule has 1 amide bonds. The molecule has 1 aliphatic heterocycles. The second kappa shape index (κ2) is 4.97. The summed E-state index contributed by atoms with van der Waals surface area (Å²) >= 11 is 0. The normalized spacial score (nSPS) is 28.3. The number of epoxide rings is 1. The standard InChI is InChI=1S/C16H21NO2/c1-10(2)14-7-11(8-17-16(18)15-9-19-15)12-5-3-4-6-13(12)14/h3-6,10-11,14-15H,7-9H2,1-2H3,(H,17,18)/t11-,14+,15?/m1/s1. The van der Waals surface area contributed by atoms with Crippen LogP contribution in [-0.2, 0) is 9.53 Å². The highest BCUT2D eigenvalue weighted by Gasteiger charge is 2.35. The molecule has 1 saturated heterocycles. The van der Waals surface area contributed by atoms with E-state index in [0.717, 1.165) is 13.0 Å². The molecule has 0 bridgehead atoms. The zero-order valence-electron chi connectivity index (χ0n) is 11.6. The van der Waals surface area contributed by atoms with Crippen LogP contribution in [0.2, 0.25) is 0 Å². The van der Waals surface area contributed by atoms with Crippen LogP contribution in [0.3, 0.4) is 0 Å². The van der Waals surface area contributed by atoms with Gasteiger partial charge in [-0.1, -0.05) is 38.1 Å². The molecule has 3 heteroatoms. The fourth-order valence-electron chi connectivity index (χ4n) is 3.14.